The number of carbonyl (C=O) groups excluding carboxylic acids is 1. The van der Waals surface area contributed by atoms with Crippen molar-refractivity contribution in [3.8, 4) is 0 Å². The van der Waals surface area contributed by atoms with Gasteiger partial charge in [0.1, 0.15) is 16.1 Å². The SMILES string of the molecule is Cc1cc(C(=O)Nc2cnc(Br)cn2)c(C)o1. The van der Waals surface area contributed by atoms with E-state index < -0.39 is 0 Å². The van der Waals surface area contributed by atoms with Crippen LogP contribution in [0.2, 0.25) is 0 Å². The lowest BCUT2D eigenvalue weighted by molar-refractivity contribution is 0.102. The molecule has 6 heteroatoms. The standard InChI is InChI=1S/C11H10BrN3O2/c1-6-3-8(7(2)17-6)11(16)15-10-5-13-9(12)4-14-10/h3-5H,1-2H3,(H,14,15,16). The molecule has 0 radical (unpaired) electrons. The van der Waals surface area contributed by atoms with Crippen molar-refractivity contribution in [1.29, 1.82) is 0 Å². The summed E-state index contributed by atoms with van der Waals surface area (Å²) in [5.74, 6) is 1.44. The van der Waals surface area contributed by atoms with Gasteiger partial charge in [-0.3, -0.25) is 4.79 Å². The molecule has 2 aromatic heterocycles. The van der Waals surface area contributed by atoms with Crippen LogP contribution in [-0.4, -0.2) is 15.9 Å². The summed E-state index contributed by atoms with van der Waals surface area (Å²) in [7, 11) is 0. The molecule has 0 aromatic carbocycles. The summed E-state index contributed by atoms with van der Waals surface area (Å²) in [5.41, 5.74) is 0.507. The molecule has 0 aliphatic heterocycles. The molecule has 5 nitrogen and oxygen atoms in total. The largest absolute Gasteiger partial charge is 0.466 e. The summed E-state index contributed by atoms with van der Waals surface area (Å²) < 4.78 is 5.90. The van der Waals surface area contributed by atoms with E-state index >= 15 is 0 Å². The lowest BCUT2D eigenvalue weighted by atomic mass is 10.2. The van der Waals surface area contributed by atoms with E-state index in [0.717, 1.165) is 0 Å². The summed E-state index contributed by atoms with van der Waals surface area (Å²) in [6.07, 6.45) is 2.99. The highest BCUT2D eigenvalue weighted by molar-refractivity contribution is 9.10. The molecule has 0 bridgehead atoms. The Kier molecular flexibility index (Phi) is 3.23. The number of hydrogen-bond donors (Lipinski definition) is 1. The Balaban J connectivity index is 2.17. The molecule has 2 rings (SSSR count). The van der Waals surface area contributed by atoms with Crippen LogP contribution in [0.4, 0.5) is 5.82 Å². The Bertz CT molecular complexity index is 548. The molecule has 1 amide bonds. The van der Waals surface area contributed by atoms with Gasteiger partial charge in [-0.25, -0.2) is 9.97 Å². The van der Waals surface area contributed by atoms with Crippen LogP contribution in [0.1, 0.15) is 21.9 Å². The normalized spacial score (nSPS) is 10.3. The van der Waals surface area contributed by atoms with E-state index in [9.17, 15) is 4.79 Å². The molecule has 0 aliphatic carbocycles. The molecule has 0 atom stereocenters. The fourth-order valence-corrected chi connectivity index (χ4v) is 1.62. The van der Waals surface area contributed by atoms with Gasteiger partial charge >= 0.3 is 0 Å². The van der Waals surface area contributed by atoms with E-state index in [1.165, 1.54) is 12.4 Å². The molecule has 1 N–H and O–H groups in total. The van der Waals surface area contributed by atoms with Gasteiger partial charge in [-0.15, -0.1) is 0 Å². The molecule has 0 spiro atoms. The number of anilines is 1. The van der Waals surface area contributed by atoms with Crippen molar-refractivity contribution in [1.82, 2.24) is 9.97 Å². The maximum absolute atomic E-state index is 11.9. The number of halogens is 1. The van der Waals surface area contributed by atoms with Gasteiger partial charge in [0.05, 0.1) is 18.0 Å². The zero-order chi connectivity index (χ0) is 12.4. The minimum Gasteiger partial charge on any atom is -0.466 e. The molecule has 2 heterocycles. The van der Waals surface area contributed by atoms with Crippen molar-refractivity contribution in [2.75, 3.05) is 5.32 Å². The predicted molar refractivity (Wildman–Crippen MR) is 65.9 cm³/mol. The Morgan fingerprint density at radius 2 is 2.12 bits per heavy atom. The smallest absolute Gasteiger partial charge is 0.260 e. The van der Waals surface area contributed by atoms with E-state index in [4.69, 9.17) is 4.42 Å². The topological polar surface area (TPSA) is 68.0 Å². The third kappa shape index (κ3) is 2.71. The summed E-state index contributed by atoms with van der Waals surface area (Å²) >= 11 is 3.17. The van der Waals surface area contributed by atoms with Gasteiger partial charge in [0, 0.05) is 0 Å². The number of hydrogen-bond acceptors (Lipinski definition) is 4. The third-order valence-electron chi connectivity index (χ3n) is 2.15. The molecule has 17 heavy (non-hydrogen) atoms. The highest BCUT2D eigenvalue weighted by Gasteiger charge is 2.13. The van der Waals surface area contributed by atoms with Gasteiger partial charge in [-0.2, -0.15) is 0 Å². The minimum absolute atomic E-state index is 0.254. The van der Waals surface area contributed by atoms with Gasteiger partial charge < -0.3 is 9.73 Å². The van der Waals surface area contributed by atoms with Crippen LogP contribution >= 0.6 is 15.9 Å². The molecule has 0 aliphatic rings. The molecular formula is C11H10BrN3O2. The molecule has 0 unspecified atom stereocenters. The first kappa shape index (κ1) is 11.8. The van der Waals surface area contributed by atoms with Gasteiger partial charge in [-0.1, -0.05) is 0 Å². The van der Waals surface area contributed by atoms with Crippen LogP contribution < -0.4 is 5.32 Å². The number of aromatic nitrogens is 2. The number of amides is 1. The molecule has 2 aromatic rings. The first-order valence-electron chi connectivity index (χ1n) is 4.92. The van der Waals surface area contributed by atoms with Crippen molar-refractivity contribution >= 4 is 27.7 Å². The number of rotatable bonds is 2. The van der Waals surface area contributed by atoms with Gasteiger partial charge in [0.25, 0.3) is 5.91 Å². The Morgan fingerprint density at radius 3 is 2.65 bits per heavy atom. The van der Waals surface area contributed by atoms with Gasteiger partial charge in [0.15, 0.2) is 5.82 Å². The number of aryl methyl sites for hydroxylation is 2. The molecule has 0 saturated heterocycles. The Hall–Kier alpha value is -1.69. The average Bonchev–Trinajstić information content (AvgIpc) is 2.61. The number of nitrogens with zero attached hydrogens (tertiary/aromatic N) is 2. The first-order valence-corrected chi connectivity index (χ1v) is 5.71. The number of nitrogens with one attached hydrogen (secondary N) is 1. The molecule has 0 fully saturated rings. The maximum Gasteiger partial charge on any atom is 0.260 e. The van der Waals surface area contributed by atoms with Crippen LogP contribution in [0.3, 0.4) is 0 Å². The quantitative estimate of drug-likeness (QED) is 0.925. The highest BCUT2D eigenvalue weighted by Crippen LogP contribution is 2.15. The maximum atomic E-state index is 11.9. The first-order chi connectivity index (χ1) is 8.06. The summed E-state index contributed by atoms with van der Waals surface area (Å²) in [6, 6.07) is 1.69. The van der Waals surface area contributed by atoms with Crippen molar-refractivity contribution in [2.24, 2.45) is 0 Å². The minimum atomic E-state index is -0.254. The fraction of sp³-hybridized carbons (Fsp3) is 0.182. The van der Waals surface area contributed by atoms with Crippen LogP contribution in [0.25, 0.3) is 0 Å². The lowest BCUT2D eigenvalue weighted by Crippen LogP contribution is -2.13. The highest BCUT2D eigenvalue weighted by atomic mass is 79.9. The fourth-order valence-electron chi connectivity index (χ4n) is 1.42. The molecular weight excluding hydrogens is 286 g/mol. The summed E-state index contributed by atoms with van der Waals surface area (Å²) in [4.78, 5) is 19.9. The van der Waals surface area contributed by atoms with Gasteiger partial charge in [-0.05, 0) is 35.8 Å². The number of carbonyl (C=O) groups is 1. The van der Waals surface area contributed by atoms with Crippen LogP contribution in [0.15, 0.2) is 27.5 Å². The van der Waals surface area contributed by atoms with Crippen molar-refractivity contribution in [3.05, 3.63) is 40.1 Å². The second kappa shape index (κ2) is 4.67. The second-order valence-electron chi connectivity index (χ2n) is 3.51. The Morgan fingerprint density at radius 1 is 1.35 bits per heavy atom. The van der Waals surface area contributed by atoms with Crippen LogP contribution in [0.5, 0.6) is 0 Å². The van der Waals surface area contributed by atoms with Gasteiger partial charge in [0.2, 0.25) is 0 Å². The molecule has 0 saturated carbocycles. The lowest BCUT2D eigenvalue weighted by Gasteiger charge is -2.02. The Labute approximate surface area is 106 Å². The van der Waals surface area contributed by atoms with Crippen molar-refractivity contribution in [3.63, 3.8) is 0 Å². The monoisotopic (exact) mass is 295 g/mol. The van der Waals surface area contributed by atoms with E-state index in [0.29, 0.717) is 27.5 Å². The zero-order valence-corrected chi connectivity index (χ0v) is 10.9. The van der Waals surface area contributed by atoms with E-state index in [2.05, 4.69) is 31.2 Å². The van der Waals surface area contributed by atoms with E-state index in [-0.39, 0.29) is 5.91 Å². The van der Waals surface area contributed by atoms with Crippen LogP contribution in [-0.2, 0) is 0 Å². The van der Waals surface area contributed by atoms with Crippen molar-refractivity contribution < 1.29 is 9.21 Å². The van der Waals surface area contributed by atoms with E-state index in [1.54, 1.807) is 19.9 Å². The number of furan rings is 1. The molecule has 88 valence electrons. The summed E-state index contributed by atoms with van der Waals surface area (Å²) in [6.45, 7) is 3.54. The van der Waals surface area contributed by atoms with Crippen molar-refractivity contribution in [2.45, 2.75) is 13.8 Å². The zero-order valence-electron chi connectivity index (χ0n) is 9.32. The summed E-state index contributed by atoms with van der Waals surface area (Å²) in [5, 5.41) is 2.65. The third-order valence-corrected chi connectivity index (χ3v) is 2.56. The average molecular weight is 296 g/mol. The second-order valence-corrected chi connectivity index (χ2v) is 4.32. The predicted octanol–water partition coefficient (Wildman–Crippen LogP) is 2.70. The van der Waals surface area contributed by atoms with Crippen LogP contribution in [0, 0.1) is 13.8 Å². The van der Waals surface area contributed by atoms with E-state index in [1.807, 2.05) is 0 Å².